The molecule has 3 aromatic heterocycles. The van der Waals surface area contributed by atoms with E-state index in [4.69, 9.17) is 0 Å². The molecule has 1 fully saturated rings. The molecule has 8 heteroatoms. The molecule has 0 aromatic carbocycles. The molecular weight excluding hydrogens is 318 g/mol. The van der Waals surface area contributed by atoms with E-state index in [1.807, 2.05) is 17.0 Å². The molecule has 0 bridgehead atoms. The first-order valence-electron chi connectivity index (χ1n) is 8.63. The Morgan fingerprint density at radius 2 is 2.20 bits per heavy atom. The Balaban J connectivity index is 1.59. The normalized spacial score (nSPS) is 18.2. The molecule has 1 unspecified atom stereocenters. The lowest BCUT2D eigenvalue weighted by Gasteiger charge is -2.32. The number of carbonyl (C=O) groups is 1. The molecule has 0 spiro atoms. The van der Waals surface area contributed by atoms with E-state index < -0.39 is 0 Å². The molecule has 4 rings (SSSR count). The number of fused-ring (bicyclic) bond motifs is 1. The SMILES string of the molecule is CC(C)n1cnnc1C1CCCN(C(=O)c2cnn3ncccc23)C1. The molecule has 25 heavy (non-hydrogen) atoms. The van der Waals surface area contributed by atoms with Crippen molar-refractivity contribution in [1.29, 1.82) is 0 Å². The van der Waals surface area contributed by atoms with Crippen LogP contribution >= 0.6 is 0 Å². The third-order valence-corrected chi connectivity index (χ3v) is 4.77. The molecule has 1 amide bonds. The number of carbonyl (C=O) groups excluding carboxylic acids is 1. The zero-order chi connectivity index (χ0) is 17.4. The quantitative estimate of drug-likeness (QED) is 0.728. The van der Waals surface area contributed by atoms with Gasteiger partial charge in [0.25, 0.3) is 5.91 Å². The predicted octanol–water partition coefficient (Wildman–Crippen LogP) is 1.92. The number of amides is 1. The summed E-state index contributed by atoms with van der Waals surface area (Å²) in [4.78, 5) is 14.9. The average molecular weight is 339 g/mol. The van der Waals surface area contributed by atoms with Crippen molar-refractivity contribution in [3.05, 3.63) is 42.2 Å². The molecule has 0 saturated carbocycles. The lowest BCUT2D eigenvalue weighted by molar-refractivity contribution is 0.0705. The van der Waals surface area contributed by atoms with Crippen LogP contribution in [0.15, 0.2) is 30.9 Å². The van der Waals surface area contributed by atoms with Crippen LogP contribution in [-0.2, 0) is 0 Å². The Bertz CT molecular complexity index is 897. The predicted molar refractivity (Wildman–Crippen MR) is 91.3 cm³/mol. The maximum Gasteiger partial charge on any atom is 0.257 e. The topological polar surface area (TPSA) is 81.2 Å². The zero-order valence-corrected chi connectivity index (χ0v) is 14.4. The monoisotopic (exact) mass is 339 g/mol. The fourth-order valence-corrected chi connectivity index (χ4v) is 3.48. The molecule has 1 saturated heterocycles. The maximum absolute atomic E-state index is 13.0. The molecule has 3 aromatic rings. The molecule has 0 aliphatic carbocycles. The molecule has 8 nitrogen and oxygen atoms in total. The summed E-state index contributed by atoms with van der Waals surface area (Å²) in [6.07, 6.45) is 7.01. The van der Waals surface area contributed by atoms with Crippen LogP contribution < -0.4 is 0 Å². The van der Waals surface area contributed by atoms with E-state index in [1.54, 1.807) is 18.7 Å². The van der Waals surface area contributed by atoms with Crippen molar-refractivity contribution in [2.75, 3.05) is 13.1 Å². The smallest absolute Gasteiger partial charge is 0.257 e. The van der Waals surface area contributed by atoms with E-state index in [0.717, 1.165) is 30.7 Å². The molecule has 4 heterocycles. The van der Waals surface area contributed by atoms with Crippen molar-refractivity contribution in [1.82, 2.24) is 34.5 Å². The van der Waals surface area contributed by atoms with Gasteiger partial charge in [0.15, 0.2) is 0 Å². The Morgan fingerprint density at radius 1 is 1.32 bits per heavy atom. The second-order valence-electron chi connectivity index (χ2n) is 6.74. The van der Waals surface area contributed by atoms with E-state index in [2.05, 4.69) is 38.8 Å². The van der Waals surface area contributed by atoms with Gasteiger partial charge in [-0.05, 0) is 38.8 Å². The van der Waals surface area contributed by atoms with Gasteiger partial charge in [-0.2, -0.15) is 14.8 Å². The third kappa shape index (κ3) is 2.77. The van der Waals surface area contributed by atoms with Gasteiger partial charge in [-0.1, -0.05) is 0 Å². The van der Waals surface area contributed by atoms with E-state index in [0.29, 0.717) is 18.2 Å². The Hall–Kier alpha value is -2.77. The van der Waals surface area contributed by atoms with Crippen molar-refractivity contribution < 1.29 is 4.79 Å². The number of hydrogen-bond acceptors (Lipinski definition) is 5. The molecular formula is C17H21N7O. The van der Waals surface area contributed by atoms with E-state index in [9.17, 15) is 4.79 Å². The van der Waals surface area contributed by atoms with Crippen molar-refractivity contribution in [2.45, 2.75) is 38.6 Å². The highest BCUT2D eigenvalue weighted by Gasteiger charge is 2.30. The number of piperidine rings is 1. The van der Waals surface area contributed by atoms with Crippen LogP contribution in [0.5, 0.6) is 0 Å². The van der Waals surface area contributed by atoms with Gasteiger partial charge in [-0.15, -0.1) is 10.2 Å². The minimum absolute atomic E-state index is 0.00307. The summed E-state index contributed by atoms with van der Waals surface area (Å²) in [7, 11) is 0. The first-order valence-corrected chi connectivity index (χ1v) is 8.63. The van der Waals surface area contributed by atoms with E-state index in [1.165, 1.54) is 4.63 Å². The number of likely N-dealkylation sites (tertiary alicyclic amines) is 1. The van der Waals surface area contributed by atoms with E-state index in [-0.39, 0.29) is 11.8 Å². The standard InChI is InChI=1S/C17H21N7O/c1-12(2)23-11-18-21-16(23)13-5-4-8-22(10-13)17(25)14-9-20-24-15(14)6-3-7-19-24/h3,6-7,9,11-13H,4-5,8,10H2,1-2H3. The van der Waals surface area contributed by atoms with Crippen LogP contribution in [-0.4, -0.2) is 53.5 Å². The van der Waals surface area contributed by atoms with Gasteiger partial charge in [-0.3, -0.25) is 4.79 Å². The van der Waals surface area contributed by atoms with Gasteiger partial charge in [0.1, 0.15) is 17.7 Å². The Kier molecular flexibility index (Phi) is 3.95. The summed E-state index contributed by atoms with van der Waals surface area (Å²) < 4.78 is 3.59. The Labute approximate surface area is 145 Å². The van der Waals surface area contributed by atoms with Crippen molar-refractivity contribution in [2.24, 2.45) is 0 Å². The molecule has 1 atom stereocenters. The fraction of sp³-hybridized carbons (Fsp3) is 0.471. The van der Waals surface area contributed by atoms with Crippen LogP contribution in [0.1, 0.15) is 54.8 Å². The van der Waals surface area contributed by atoms with E-state index >= 15 is 0 Å². The zero-order valence-electron chi connectivity index (χ0n) is 14.4. The molecule has 0 radical (unpaired) electrons. The maximum atomic E-state index is 13.0. The highest BCUT2D eigenvalue weighted by molar-refractivity contribution is 6.00. The van der Waals surface area contributed by atoms with Crippen LogP contribution in [0.25, 0.3) is 5.52 Å². The molecule has 0 N–H and O–H groups in total. The number of rotatable bonds is 3. The van der Waals surface area contributed by atoms with Gasteiger partial charge in [0.05, 0.1) is 11.8 Å². The molecule has 130 valence electrons. The molecule has 1 aliphatic rings. The fourth-order valence-electron chi connectivity index (χ4n) is 3.48. The van der Waals surface area contributed by atoms with Crippen LogP contribution in [0.2, 0.25) is 0 Å². The minimum Gasteiger partial charge on any atom is -0.338 e. The van der Waals surface area contributed by atoms with Gasteiger partial charge >= 0.3 is 0 Å². The first-order chi connectivity index (χ1) is 12.1. The molecule has 1 aliphatic heterocycles. The summed E-state index contributed by atoms with van der Waals surface area (Å²) in [6.45, 7) is 5.64. The second kappa shape index (κ2) is 6.27. The van der Waals surface area contributed by atoms with Crippen molar-refractivity contribution in [3.63, 3.8) is 0 Å². The highest BCUT2D eigenvalue weighted by Crippen LogP contribution is 2.28. The van der Waals surface area contributed by atoms with Gasteiger partial charge < -0.3 is 9.47 Å². The van der Waals surface area contributed by atoms with Gasteiger partial charge in [0, 0.05) is 31.2 Å². The first kappa shape index (κ1) is 15.7. The summed E-state index contributed by atoms with van der Waals surface area (Å²) in [6, 6.07) is 3.99. The second-order valence-corrected chi connectivity index (χ2v) is 6.74. The number of aromatic nitrogens is 6. The summed E-state index contributed by atoms with van der Waals surface area (Å²) in [5.74, 6) is 1.18. The number of hydrogen-bond donors (Lipinski definition) is 0. The Morgan fingerprint density at radius 3 is 3.04 bits per heavy atom. The minimum atomic E-state index is 0.00307. The number of nitrogens with zero attached hydrogens (tertiary/aromatic N) is 7. The summed E-state index contributed by atoms with van der Waals surface area (Å²) >= 11 is 0. The van der Waals surface area contributed by atoms with Crippen LogP contribution in [0.4, 0.5) is 0 Å². The van der Waals surface area contributed by atoms with Crippen LogP contribution in [0.3, 0.4) is 0 Å². The van der Waals surface area contributed by atoms with Crippen molar-refractivity contribution >= 4 is 11.4 Å². The van der Waals surface area contributed by atoms with Gasteiger partial charge in [-0.25, -0.2) is 0 Å². The van der Waals surface area contributed by atoms with Gasteiger partial charge in [0.2, 0.25) is 0 Å². The summed E-state index contributed by atoms with van der Waals surface area (Å²) in [5, 5.41) is 16.7. The highest BCUT2D eigenvalue weighted by atomic mass is 16.2. The third-order valence-electron chi connectivity index (χ3n) is 4.77. The largest absolute Gasteiger partial charge is 0.338 e. The van der Waals surface area contributed by atoms with Crippen LogP contribution in [0, 0.1) is 0 Å². The van der Waals surface area contributed by atoms with Crippen molar-refractivity contribution in [3.8, 4) is 0 Å². The lowest BCUT2D eigenvalue weighted by atomic mass is 9.96. The summed E-state index contributed by atoms with van der Waals surface area (Å²) in [5.41, 5.74) is 1.33. The average Bonchev–Trinajstić information content (AvgIpc) is 3.28. The lowest BCUT2D eigenvalue weighted by Crippen LogP contribution is -2.39.